The van der Waals surface area contributed by atoms with Crippen LogP contribution in [0.5, 0.6) is 0 Å². The van der Waals surface area contributed by atoms with Crippen molar-refractivity contribution in [3.8, 4) is 0 Å². The Labute approximate surface area is 173 Å². The maximum Gasteiger partial charge on any atom is 0.251 e. The van der Waals surface area contributed by atoms with Crippen LogP contribution in [0.1, 0.15) is 55.3 Å². The van der Waals surface area contributed by atoms with E-state index in [2.05, 4.69) is 10.2 Å². The van der Waals surface area contributed by atoms with Crippen LogP contribution in [0, 0.1) is 0 Å². The molecule has 0 radical (unpaired) electrons. The lowest BCUT2D eigenvalue weighted by Crippen LogP contribution is -2.31. The number of carbonyl (C=O) groups excluding carboxylic acids is 1. The first kappa shape index (κ1) is 21.6. The fourth-order valence-electron chi connectivity index (χ4n) is 3.88. The van der Waals surface area contributed by atoms with E-state index in [-0.39, 0.29) is 15.8 Å². The van der Waals surface area contributed by atoms with Gasteiger partial charge < -0.3 is 10.2 Å². The molecule has 8 heteroatoms. The first-order chi connectivity index (χ1) is 13.5. The summed E-state index contributed by atoms with van der Waals surface area (Å²) < 4.78 is 27.0. The summed E-state index contributed by atoms with van der Waals surface area (Å²) in [6, 6.07) is 4.48. The molecule has 0 unspecified atom stereocenters. The number of nitrogens with zero attached hydrogens (tertiary/aromatic N) is 2. The number of rotatable bonds is 7. The highest BCUT2D eigenvalue weighted by atomic mass is 35.5. The molecule has 1 aromatic carbocycles. The Kier molecular flexibility index (Phi) is 7.74. The summed E-state index contributed by atoms with van der Waals surface area (Å²) in [5, 5.41) is 3.06. The molecule has 0 atom stereocenters. The second-order valence-electron chi connectivity index (χ2n) is 7.62. The van der Waals surface area contributed by atoms with E-state index in [9.17, 15) is 13.2 Å². The molecule has 3 rings (SSSR count). The summed E-state index contributed by atoms with van der Waals surface area (Å²) >= 11 is 6.15. The molecule has 28 heavy (non-hydrogen) atoms. The van der Waals surface area contributed by atoms with Crippen LogP contribution < -0.4 is 5.32 Å². The molecule has 2 aliphatic heterocycles. The van der Waals surface area contributed by atoms with E-state index in [4.69, 9.17) is 11.6 Å². The predicted molar refractivity (Wildman–Crippen MR) is 111 cm³/mol. The van der Waals surface area contributed by atoms with Gasteiger partial charge in [0.15, 0.2) is 0 Å². The molecule has 0 saturated carbocycles. The number of benzene rings is 1. The lowest BCUT2D eigenvalue weighted by molar-refractivity contribution is 0.0951. The molecule has 1 amide bonds. The zero-order valence-electron chi connectivity index (χ0n) is 16.3. The maximum absolute atomic E-state index is 12.8. The number of hydrogen-bond donors (Lipinski definition) is 1. The van der Waals surface area contributed by atoms with E-state index >= 15 is 0 Å². The smallest absolute Gasteiger partial charge is 0.251 e. The molecule has 0 aliphatic carbocycles. The Bertz CT molecular complexity index is 771. The normalized spacial score (nSPS) is 19.5. The average molecular weight is 428 g/mol. The van der Waals surface area contributed by atoms with Gasteiger partial charge in [-0.1, -0.05) is 24.4 Å². The average Bonchev–Trinajstić information content (AvgIpc) is 3.11. The number of halogens is 1. The molecular weight excluding hydrogens is 398 g/mol. The first-order valence-corrected chi connectivity index (χ1v) is 12.1. The monoisotopic (exact) mass is 427 g/mol. The molecule has 6 nitrogen and oxygen atoms in total. The minimum atomic E-state index is -3.65. The van der Waals surface area contributed by atoms with Crippen LogP contribution in [0.25, 0.3) is 0 Å². The van der Waals surface area contributed by atoms with Crippen molar-refractivity contribution in [1.82, 2.24) is 14.5 Å². The van der Waals surface area contributed by atoms with E-state index in [1.807, 2.05) is 0 Å². The third-order valence-electron chi connectivity index (χ3n) is 5.51. The van der Waals surface area contributed by atoms with Gasteiger partial charge >= 0.3 is 0 Å². The van der Waals surface area contributed by atoms with Crippen LogP contribution in [0.4, 0.5) is 0 Å². The van der Waals surface area contributed by atoms with Crippen molar-refractivity contribution in [2.75, 3.05) is 39.3 Å². The Morgan fingerprint density at radius 2 is 1.64 bits per heavy atom. The number of amides is 1. The van der Waals surface area contributed by atoms with Crippen molar-refractivity contribution in [2.45, 2.75) is 49.8 Å². The highest BCUT2D eigenvalue weighted by molar-refractivity contribution is 7.89. The van der Waals surface area contributed by atoms with Gasteiger partial charge in [-0.15, -0.1) is 0 Å². The van der Waals surface area contributed by atoms with E-state index in [0.29, 0.717) is 25.2 Å². The Morgan fingerprint density at radius 1 is 1.00 bits per heavy atom. The van der Waals surface area contributed by atoms with Gasteiger partial charge in [-0.05, 0) is 69.9 Å². The summed E-state index contributed by atoms with van der Waals surface area (Å²) in [6.07, 6.45) is 7.73. The van der Waals surface area contributed by atoms with Crippen LogP contribution in [-0.4, -0.2) is 62.8 Å². The van der Waals surface area contributed by atoms with E-state index in [1.165, 1.54) is 42.1 Å². The van der Waals surface area contributed by atoms with Gasteiger partial charge in [0.2, 0.25) is 10.0 Å². The van der Waals surface area contributed by atoms with Gasteiger partial charge in [0.1, 0.15) is 4.90 Å². The minimum Gasteiger partial charge on any atom is -0.352 e. The van der Waals surface area contributed by atoms with Gasteiger partial charge in [0.05, 0.1) is 5.02 Å². The van der Waals surface area contributed by atoms with Gasteiger partial charge in [-0.3, -0.25) is 4.79 Å². The van der Waals surface area contributed by atoms with Crippen LogP contribution in [-0.2, 0) is 10.0 Å². The number of sulfonamides is 1. The minimum absolute atomic E-state index is 0.0216. The van der Waals surface area contributed by atoms with Crippen LogP contribution >= 0.6 is 11.6 Å². The number of carbonyl (C=O) groups is 1. The Morgan fingerprint density at radius 3 is 2.32 bits per heavy atom. The molecule has 0 spiro atoms. The molecule has 0 aromatic heterocycles. The van der Waals surface area contributed by atoms with Gasteiger partial charge in [-0.25, -0.2) is 8.42 Å². The molecule has 0 bridgehead atoms. The molecule has 2 heterocycles. The number of hydrogen-bond acceptors (Lipinski definition) is 4. The van der Waals surface area contributed by atoms with Gasteiger partial charge in [0, 0.05) is 25.2 Å². The van der Waals surface area contributed by atoms with Gasteiger partial charge in [-0.2, -0.15) is 4.31 Å². The number of likely N-dealkylation sites (tertiary alicyclic amines) is 1. The summed E-state index contributed by atoms with van der Waals surface area (Å²) in [4.78, 5) is 15.0. The Balaban J connectivity index is 1.56. The number of nitrogens with one attached hydrogen (secondary N) is 1. The van der Waals surface area contributed by atoms with E-state index < -0.39 is 10.0 Å². The molecule has 1 aromatic rings. The van der Waals surface area contributed by atoms with E-state index in [1.54, 1.807) is 6.07 Å². The zero-order chi connectivity index (χ0) is 20.0. The van der Waals surface area contributed by atoms with Gasteiger partial charge in [0.25, 0.3) is 5.91 Å². The maximum atomic E-state index is 12.8. The molecule has 1 N–H and O–H groups in total. The second-order valence-corrected chi connectivity index (χ2v) is 9.94. The molecular formula is C20H30ClN3O3S. The fraction of sp³-hybridized carbons (Fsp3) is 0.650. The van der Waals surface area contributed by atoms with Crippen LogP contribution in [0.15, 0.2) is 23.1 Å². The highest BCUT2D eigenvalue weighted by Crippen LogP contribution is 2.28. The summed E-state index contributed by atoms with van der Waals surface area (Å²) in [5.41, 5.74) is 0.331. The van der Waals surface area contributed by atoms with Crippen molar-refractivity contribution in [1.29, 1.82) is 0 Å². The molecule has 156 valence electrons. The molecule has 2 saturated heterocycles. The largest absolute Gasteiger partial charge is 0.352 e. The summed E-state index contributed by atoms with van der Waals surface area (Å²) in [5.74, 6) is -0.259. The van der Waals surface area contributed by atoms with Crippen molar-refractivity contribution < 1.29 is 13.2 Å². The van der Waals surface area contributed by atoms with E-state index in [0.717, 1.165) is 38.9 Å². The zero-order valence-corrected chi connectivity index (χ0v) is 17.9. The topological polar surface area (TPSA) is 69.7 Å². The van der Waals surface area contributed by atoms with Crippen LogP contribution in [0.3, 0.4) is 0 Å². The lowest BCUT2D eigenvalue weighted by atomic mass is 10.2. The van der Waals surface area contributed by atoms with Crippen molar-refractivity contribution in [3.05, 3.63) is 28.8 Å². The Hall–Kier alpha value is -1.15. The second kappa shape index (κ2) is 10.1. The van der Waals surface area contributed by atoms with Crippen molar-refractivity contribution >= 4 is 27.5 Å². The molecule has 2 aliphatic rings. The third kappa shape index (κ3) is 5.47. The van der Waals surface area contributed by atoms with Crippen LogP contribution in [0.2, 0.25) is 5.02 Å². The predicted octanol–water partition coefficient (Wildman–Crippen LogP) is 3.12. The van der Waals surface area contributed by atoms with Crippen molar-refractivity contribution in [2.24, 2.45) is 0 Å². The van der Waals surface area contributed by atoms with Crippen molar-refractivity contribution in [3.63, 3.8) is 0 Å². The summed E-state index contributed by atoms with van der Waals surface area (Å²) in [6.45, 7) is 4.85. The first-order valence-electron chi connectivity index (χ1n) is 10.3. The SMILES string of the molecule is O=C(NCCCN1CCCCCC1)c1ccc(Cl)c(S(=O)(=O)N2CCCC2)c1. The molecule has 2 fully saturated rings. The third-order valence-corrected chi connectivity index (χ3v) is 7.89. The lowest BCUT2D eigenvalue weighted by Gasteiger charge is -2.19. The highest BCUT2D eigenvalue weighted by Gasteiger charge is 2.29. The standard InChI is InChI=1S/C20H30ClN3O3S/c21-18-9-8-17(16-19(18)28(26,27)24-14-5-6-15-24)20(25)22-10-7-13-23-11-3-1-2-4-12-23/h8-9,16H,1-7,10-15H2,(H,22,25). The quantitative estimate of drug-likeness (QED) is 0.679. The summed E-state index contributed by atoms with van der Waals surface area (Å²) in [7, 11) is -3.65. The fourth-order valence-corrected chi connectivity index (χ4v) is 5.89.